The van der Waals surface area contributed by atoms with E-state index in [-0.39, 0.29) is 0 Å². The number of hydrogen-bond donors (Lipinski definition) is 1. The molecule has 2 saturated carbocycles. The van der Waals surface area contributed by atoms with Crippen LogP contribution in [-0.4, -0.2) is 30.4 Å². The van der Waals surface area contributed by atoms with Gasteiger partial charge in [0.15, 0.2) is 0 Å². The Morgan fingerprint density at radius 1 is 1.03 bits per heavy atom. The Hall–Kier alpha value is -1.35. The number of nitrogens with two attached hydrogens (primary N) is 1. The Kier molecular flexibility index (Phi) is 6.77. The molecule has 4 rings (SSSR count). The van der Waals surface area contributed by atoms with Gasteiger partial charge in [0.2, 0.25) is 6.41 Å². The van der Waals surface area contributed by atoms with Crippen molar-refractivity contribution in [1.29, 1.82) is 0 Å². The Morgan fingerprint density at radius 3 is 2.28 bits per heavy atom. The lowest BCUT2D eigenvalue weighted by Crippen LogP contribution is -2.49. The van der Waals surface area contributed by atoms with E-state index in [0.717, 1.165) is 38.3 Å². The van der Waals surface area contributed by atoms with E-state index in [4.69, 9.17) is 5.73 Å². The van der Waals surface area contributed by atoms with Crippen LogP contribution in [0.2, 0.25) is 0 Å². The van der Waals surface area contributed by atoms with Crippen molar-refractivity contribution in [3.8, 4) is 0 Å². The zero-order valence-electron chi connectivity index (χ0n) is 19.1. The van der Waals surface area contributed by atoms with Crippen molar-refractivity contribution in [3.63, 3.8) is 0 Å². The third-order valence-electron chi connectivity index (χ3n) is 7.85. The van der Waals surface area contributed by atoms with Gasteiger partial charge in [-0.05, 0) is 72.7 Å². The molecule has 2 aliphatic carbocycles. The minimum Gasteiger partial charge on any atom is -0.345 e. The molecule has 0 radical (unpaired) electrons. The zero-order chi connectivity index (χ0) is 21.1. The van der Waals surface area contributed by atoms with Crippen LogP contribution in [0, 0.1) is 16.7 Å². The minimum atomic E-state index is 0.321. The summed E-state index contributed by atoms with van der Waals surface area (Å²) in [7, 11) is 0. The predicted molar refractivity (Wildman–Crippen MR) is 122 cm³/mol. The van der Waals surface area contributed by atoms with Crippen LogP contribution in [0.1, 0.15) is 84.6 Å². The third kappa shape index (κ3) is 5.42. The number of carbonyl (C=O) groups is 1. The number of amides is 1. The second-order valence-electron chi connectivity index (χ2n) is 11.3. The van der Waals surface area contributed by atoms with Crippen molar-refractivity contribution in [3.05, 3.63) is 35.9 Å². The summed E-state index contributed by atoms with van der Waals surface area (Å²) in [5.41, 5.74) is 8.72. The van der Waals surface area contributed by atoms with E-state index in [2.05, 4.69) is 58.0 Å². The third-order valence-corrected chi connectivity index (χ3v) is 7.85. The van der Waals surface area contributed by atoms with Crippen LogP contribution in [0.4, 0.5) is 0 Å². The minimum absolute atomic E-state index is 0.321. The van der Waals surface area contributed by atoms with Gasteiger partial charge in [0.25, 0.3) is 0 Å². The number of benzene rings is 1. The molecule has 1 aliphatic heterocycles. The normalized spacial score (nSPS) is 34.1. The molecular weight excluding hydrogens is 356 g/mol. The summed E-state index contributed by atoms with van der Waals surface area (Å²) in [6.07, 6.45) is 11.2. The fourth-order valence-electron chi connectivity index (χ4n) is 6.74. The molecule has 0 spiro atoms. The summed E-state index contributed by atoms with van der Waals surface area (Å²) in [6.45, 7) is 11.6. The zero-order valence-corrected chi connectivity index (χ0v) is 19.1. The molecule has 3 unspecified atom stereocenters. The number of rotatable bonds is 3. The molecule has 3 atom stereocenters. The molecular formula is C26H42N2O. The molecule has 29 heavy (non-hydrogen) atoms. The topological polar surface area (TPSA) is 46.3 Å². The van der Waals surface area contributed by atoms with Gasteiger partial charge in [-0.1, -0.05) is 64.4 Å². The maximum Gasteiger partial charge on any atom is 0.209 e. The van der Waals surface area contributed by atoms with Crippen LogP contribution in [0.25, 0.3) is 0 Å². The first-order chi connectivity index (χ1) is 13.7. The molecule has 3 nitrogen and oxygen atoms in total. The fourth-order valence-corrected chi connectivity index (χ4v) is 6.74. The van der Waals surface area contributed by atoms with Crippen LogP contribution in [0.5, 0.6) is 0 Å². The Bertz CT molecular complexity index is 665. The SMILES string of the molecule is CCC1(C)CC2CC(C)(C)CC(c3ccccc3)(C2)C1.NC1CCN(C=O)CC1. The predicted octanol–water partition coefficient (Wildman–Crippen LogP) is 5.53. The molecule has 1 aromatic rings. The van der Waals surface area contributed by atoms with Crippen LogP contribution < -0.4 is 5.73 Å². The van der Waals surface area contributed by atoms with Gasteiger partial charge in [0.05, 0.1) is 0 Å². The molecule has 1 amide bonds. The van der Waals surface area contributed by atoms with Gasteiger partial charge in [-0.15, -0.1) is 0 Å². The van der Waals surface area contributed by atoms with E-state index >= 15 is 0 Å². The van der Waals surface area contributed by atoms with Crippen LogP contribution >= 0.6 is 0 Å². The summed E-state index contributed by atoms with van der Waals surface area (Å²) >= 11 is 0. The Labute approximate surface area is 178 Å². The van der Waals surface area contributed by atoms with Crippen LogP contribution in [0.3, 0.4) is 0 Å². The average molecular weight is 399 g/mol. The van der Waals surface area contributed by atoms with E-state index in [0.29, 0.717) is 22.3 Å². The molecule has 3 aliphatic rings. The van der Waals surface area contributed by atoms with Crippen molar-refractivity contribution in [1.82, 2.24) is 4.90 Å². The molecule has 1 saturated heterocycles. The molecule has 3 fully saturated rings. The van der Waals surface area contributed by atoms with Gasteiger partial charge in [-0.3, -0.25) is 4.79 Å². The van der Waals surface area contributed by atoms with Crippen molar-refractivity contribution in [2.24, 2.45) is 22.5 Å². The first-order valence-electron chi connectivity index (χ1n) is 11.7. The standard InChI is InChI=1S/C20H30.C6H12N2O/c1-5-19(4)12-16-11-18(2,3)14-20(13-16,15-19)17-9-7-6-8-10-17;7-6-1-3-8(5-9)4-2-6/h6-10,16H,5,11-15H2,1-4H3;5-6H,1-4,7H2. The van der Waals surface area contributed by atoms with E-state index in [1.807, 2.05) is 0 Å². The highest BCUT2D eigenvalue weighted by Gasteiger charge is 2.52. The first kappa shape index (κ1) is 22.3. The second-order valence-corrected chi connectivity index (χ2v) is 11.3. The van der Waals surface area contributed by atoms with Crippen LogP contribution in [0.15, 0.2) is 30.3 Å². The number of carbonyl (C=O) groups excluding carboxylic acids is 1. The fraction of sp³-hybridized carbons (Fsp3) is 0.731. The second kappa shape index (κ2) is 8.79. The molecule has 2 bridgehead atoms. The monoisotopic (exact) mass is 398 g/mol. The van der Waals surface area contributed by atoms with E-state index in [1.165, 1.54) is 38.5 Å². The summed E-state index contributed by atoms with van der Waals surface area (Å²) in [4.78, 5) is 11.9. The van der Waals surface area contributed by atoms with Gasteiger partial charge in [0.1, 0.15) is 0 Å². The van der Waals surface area contributed by atoms with Gasteiger partial charge in [0, 0.05) is 19.1 Å². The lowest BCUT2D eigenvalue weighted by Gasteiger charge is -2.57. The van der Waals surface area contributed by atoms with E-state index < -0.39 is 0 Å². The highest BCUT2D eigenvalue weighted by Crippen LogP contribution is 2.61. The highest BCUT2D eigenvalue weighted by molar-refractivity contribution is 5.47. The summed E-state index contributed by atoms with van der Waals surface area (Å²) in [5, 5.41) is 0. The summed E-state index contributed by atoms with van der Waals surface area (Å²) in [6, 6.07) is 11.7. The first-order valence-corrected chi connectivity index (χ1v) is 11.7. The molecule has 1 aromatic carbocycles. The molecule has 0 aromatic heterocycles. The Morgan fingerprint density at radius 2 is 1.69 bits per heavy atom. The van der Waals surface area contributed by atoms with Crippen molar-refractivity contribution in [2.45, 2.75) is 90.5 Å². The summed E-state index contributed by atoms with van der Waals surface area (Å²) < 4.78 is 0. The number of piperidine rings is 1. The molecule has 1 heterocycles. The van der Waals surface area contributed by atoms with E-state index in [1.54, 1.807) is 10.5 Å². The quantitative estimate of drug-likeness (QED) is 0.681. The number of fused-ring (bicyclic) bond motifs is 2. The summed E-state index contributed by atoms with van der Waals surface area (Å²) in [5.74, 6) is 0.928. The van der Waals surface area contributed by atoms with Crippen molar-refractivity contribution < 1.29 is 4.79 Å². The number of nitrogens with zero attached hydrogens (tertiary/aromatic N) is 1. The van der Waals surface area contributed by atoms with Crippen molar-refractivity contribution in [2.75, 3.05) is 13.1 Å². The molecule has 162 valence electrons. The van der Waals surface area contributed by atoms with Gasteiger partial charge >= 0.3 is 0 Å². The average Bonchev–Trinajstić information content (AvgIpc) is 2.68. The largest absolute Gasteiger partial charge is 0.345 e. The lowest BCUT2D eigenvalue weighted by molar-refractivity contribution is -0.119. The van der Waals surface area contributed by atoms with Crippen LogP contribution in [-0.2, 0) is 10.2 Å². The van der Waals surface area contributed by atoms with Gasteiger partial charge < -0.3 is 10.6 Å². The lowest BCUT2D eigenvalue weighted by atomic mass is 9.47. The van der Waals surface area contributed by atoms with Gasteiger partial charge in [-0.25, -0.2) is 0 Å². The van der Waals surface area contributed by atoms with Crippen molar-refractivity contribution >= 4 is 6.41 Å². The van der Waals surface area contributed by atoms with E-state index in [9.17, 15) is 4.79 Å². The highest BCUT2D eigenvalue weighted by atomic mass is 16.1. The number of hydrogen-bond acceptors (Lipinski definition) is 2. The van der Waals surface area contributed by atoms with Gasteiger partial charge in [-0.2, -0.15) is 0 Å². The smallest absolute Gasteiger partial charge is 0.209 e. The maximum absolute atomic E-state index is 10.2. The Balaban J connectivity index is 0.000000224. The molecule has 2 N–H and O–H groups in total. The molecule has 3 heteroatoms. The number of likely N-dealkylation sites (tertiary alicyclic amines) is 1. The maximum atomic E-state index is 10.2.